The third kappa shape index (κ3) is 3.86. The molecule has 0 aromatic heterocycles. The summed E-state index contributed by atoms with van der Waals surface area (Å²) < 4.78 is 13.0. The van der Waals surface area contributed by atoms with Crippen LogP contribution >= 0.6 is 0 Å². The lowest BCUT2D eigenvalue weighted by Crippen LogP contribution is -3.12. The minimum Gasteiger partial charge on any atom is -0.342 e. The number of likely N-dealkylation sites (tertiary alicyclic amines) is 2. The lowest BCUT2D eigenvalue weighted by molar-refractivity contribution is -0.921. The van der Waals surface area contributed by atoms with Gasteiger partial charge in [-0.2, -0.15) is 0 Å². The van der Waals surface area contributed by atoms with Crippen molar-refractivity contribution in [2.75, 3.05) is 26.2 Å². The maximum Gasteiger partial charge on any atom is 0.231 e. The van der Waals surface area contributed by atoms with Crippen LogP contribution in [0, 0.1) is 11.7 Å². The molecule has 2 atom stereocenters. The molecule has 1 unspecified atom stereocenters. The summed E-state index contributed by atoms with van der Waals surface area (Å²) in [6, 6.07) is 6.76. The minimum absolute atomic E-state index is 0.183. The number of quaternary nitrogens is 1. The van der Waals surface area contributed by atoms with Gasteiger partial charge in [0, 0.05) is 18.7 Å². The summed E-state index contributed by atoms with van der Waals surface area (Å²) >= 11 is 0. The number of benzene rings is 1. The van der Waals surface area contributed by atoms with E-state index in [1.165, 1.54) is 23.5 Å². The van der Waals surface area contributed by atoms with Crippen LogP contribution in [0.1, 0.15) is 37.7 Å². The molecule has 1 aromatic carbocycles. The Morgan fingerprint density at radius 1 is 1.14 bits per heavy atom. The molecule has 2 fully saturated rings. The number of amides is 1. The molecule has 0 saturated carbocycles. The molecule has 1 amide bonds. The number of rotatable bonds is 3. The first-order chi connectivity index (χ1) is 10.7. The average Bonchev–Trinajstić information content (AvgIpc) is 2.57. The highest BCUT2D eigenvalue weighted by molar-refractivity contribution is 5.79. The second-order valence-electron chi connectivity index (χ2n) is 6.73. The van der Waals surface area contributed by atoms with Gasteiger partial charge in [-0.1, -0.05) is 12.1 Å². The summed E-state index contributed by atoms with van der Waals surface area (Å²) in [7, 11) is 0. The number of nitrogens with one attached hydrogen (secondary N) is 1. The van der Waals surface area contributed by atoms with E-state index in [4.69, 9.17) is 0 Å². The van der Waals surface area contributed by atoms with Gasteiger partial charge in [0.15, 0.2) is 0 Å². The molecule has 120 valence electrons. The number of carbonyl (C=O) groups is 1. The molecule has 2 saturated heterocycles. The second kappa shape index (κ2) is 7.23. The van der Waals surface area contributed by atoms with Crippen LogP contribution in [0.2, 0.25) is 0 Å². The highest BCUT2D eigenvalue weighted by Crippen LogP contribution is 2.16. The van der Waals surface area contributed by atoms with Crippen LogP contribution in [-0.2, 0) is 11.3 Å². The normalized spacial score (nSPS) is 26.0. The van der Waals surface area contributed by atoms with Crippen LogP contribution < -0.4 is 4.90 Å². The van der Waals surface area contributed by atoms with Gasteiger partial charge in [-0.15, -0.1) is 0 Å². The van der Waals surface area contributed by atoms with Crippen LogP contribution in [0.4, 0.5) is 4.39 Å². The molecule has 3 nitrogen and oxygen atoms in total. The van der Waals surface area contributed by atoms with E-state index in [-0.39, 0.29) is 11.7 Å². The smallest absolute Gasteiger partial charge is 0.231 e. The van der Waals surface area contributed by atoms with Crippen LogP contribution in [-0.4, -0.2) is 37.0 Å². The lowest BCUT2D eigenvalue weighted by Gasteiger charge is -2.34. The van der Waals surface area contributed by atoms with Crippen molar-refractivity contribution in [1.29, 1.82) is 0 Å². The fourth-order valence-electron chi connectivity index (χ4n) is 3.79. The topological polar surface area (TPSA) is 24.8 Å². The fraction of sp³-hybridized carbons (Fsp3) is 0.611. The molecular formula is C18H26FN2O+. The molecule has 0 bridgehead atoms. The zero-order chi connectivity index (χ0) is 15.4. The molecule has 22 heavy (non-hydrogen) atoms. The number of nitrogens with zero attached hydrogens (tertiary/aromatic N) is 1. The monoisotopic (exact) mass is 305 g/mol. The van der Waals surface area contributed by atoms with Gasteiger partial charge in [-0.3, -0.25) is 4.79 Å². The fourth-order valence-corrected chi connectivity index (χ4v) is 3.79. The van der Waals surface area contributed by atoms with E-state index < -0.39 is 0 Å². The van der Waals surface area contributed by atoms with Crippen molar-refractivity contribution in [2.45, 2.75) is 38.6 Å². The number of carbonyl (C=O) groups excluding carboxylic acids is 1. The minimum atomic E-state index is -0.185. The first kappa shape index (κ1) is 15.5. The summed E-state index contributed by atoms with van der Waals surface area (Å²) in [6.45, 7) is 4.82. The van der Waals surface area contributed by atoms with Crippen molar-refractivity contribution >= 4 is 5.91 Å². The van der Waals surface area contributed by atoms with Gasteiger partial charge in [0.1, 0.15) is 12.4 Å². The Morgan fingerprint density at radius 3 is 2.59 bits per heavy atom. The number of piperidine rings is 2. The van der Waals surface area contributed by atoms with Crippen molar-refractivity contribution in [3.05, 3.63) is 35.6 Å². The van der Waals surface area contributed by atoms with Crippen molar-refractivity contribution in [3.63, 3.8) is 0 Å². The van der Waals surface area contributed by atoms with E-state index in [0.717, 1.165) is 64.0 Å². The molecule has 2 aliphatic rings. The van der Waals surface area contributed by atoms with Crippen molar-refractivity contribution in [1.82, 2.24) is 4.90 Å². The summed E-state index contributed by atoms with van der Waals surface area (Å²) in [5.41, 5.74) is 1.16. The summed E-state index contributed by atoms with van der Waals surface area (Å²) in [5.74, 6) is 0.369. The average molecular weight is 305 g/mol. The standard InChI is InChI=1S/C18H25FN2O/c19-17-8-6-15(7-9-17)13-20-10-4-5-16(14-20)18(22)21-11-2-1-3-12-21/h6-9,16H,1-5,10-14H2/p+1/t16-/m1/s1. The van der Waals surface area contributed by atoms with E-state index in [1.54, 1.807) is 0 Å². The third-order valence-electron chi connectivity index (χ3n) is 5.00. The van der Waals surface area contributed by atoms with Gasteiger partial charge in [0.2, 0.25) is 5.91 Å². The predicted molar refractivity (Wildman–Crippen MR) is 84.0 cm³/mol. The van der Waals surface area contributed by atoms with Crippen LogP contribution in [0.15, 0.2) is 24.3 Å². The van der Waals surface area contributed by atoms with Gasteiger partial charge in [-0.25, -0.2) is 4.39 Å². The molecule has 0 spiro atoms. The van der Waals surface area contributed by atoms with Crippen LogP contribution in [0.25, 0.3) is 0 Å². The van der Waals surface area contributed by atoms with E-state index in [1.807, 2.05) is 12.1 Å². The first-order valence-electron chi connectivity index (χ1n) is 8.59. The second-order valence-corrected chi connectivity index (χ2v) is 6.73. The molecular weight excluding hydrogens is 279 g/mol. The largest absolute Gasteiger partial charge is 0.342 e. The first-order valence-corrected chi connectivity index (χ1v) is 8.59. The molecule has 0 radical (unpaired) electrons. The SMILES string of the molecule is O=C([C@@H]1CCC[NH+](Cc2ccc(F)cc2)C1)N1CCCCC1. The molecule has 2 heterocycles. The number of hydrogen-bond acceptors (Lipinski definition) is 1. The molecule has 1 aromatic rings. The Bertz CT molecular complexity index is 496. The van der Waals surface area contributed by atoms with Gasteiger partial charge >= 0.3 is 0 Å². The third-order valence-corrected chi connectivity index (χ3v) is 5.00. The highest BCUT2D eigenvalue weighted by Gasteiger charge is 2.32. The van der Waals surface area contributed by atoms with Gasteiger partial charge in [-0.05, 0) is 44.2 Å². The quantitative estimate of drug-likeness (QED) is 0.902. The Hall–Kier alpha value is -1.42. The molecule has 2 aliphatic heterocycles. The summed E-state index contributed by atoms with van der Waals surface area (Å²) in [4.78, 5) is 16.2. The Morgan fingerprint density at radius 2 is 1.86 bits per heavy atom. The summed E-state index contributed by atoms with van der Waals surface area (Å²) in [6.07, 6.45) is 5.72. The zero-order valence-corrected chi connectivity index (χ0v) is 13.2. The Kier molecular flexibility index (Phi) is 5.08. The Balaban J connectivity index is 1.56. The highest BCUT2D eigenvalue weighted by atomic mass is 19.1. The zero-order valence-electron chi connectivity index (χ0n) is 13.2. The maximum atomic E-state index is 13.0. The predicted octanol–water partition coefficient (Wildman–Crippen LogP) is 1.63. The maximum absolute atomic E-state index is 13.0. The van der Waals surface area contributed by atoms with Crippen LogP contribution in [0.3, 0.4) is 0 Å². The summed E-state index contributed by atoms with van der Waals surface area (Å²) in [5, 5.41) is 0. The number of hydrogen-bond donors (Lipinski definition) is 1. The van der Waals surface area contributed by atoms with Gasteiger partial charge in [0.25, 0.3) is 0 Å². The molecule has 0 aliphatic carbocycles. The molecule has 3 rings (SSSR count). The van der Waals surface area contributed by atoms with E-state index in [2.05, 4.69) is 4.90 Å². The van der Waals surface area contributed by atoms with E-state index >= 15 is 0 Å². The van der Waals surface area contributed by atoms with Crippen molar-refractivity contribution < 1.29 is 14.1 Å². The van der Waals surface area contributed by atoms with Crippen molar-refractivity contribution in [2.24, 2.45) is 5.92 Å². The van der Waals surface area contributed by atoms with Crippen molar-refractivity contribution in [3.8, 4) is 0 Å². The van der Waals surface area contributed by atoms with Crippen LogP contribution in [0.5, 0.6) is 0 Å². The molecule has 4 heteroatoms. The number of halogens is 1. The lowest BCUT2D eigenvalue weighted by atomic mass is 9.95. The van der Waals surface area contributed by atoms with Gasteiger partial charge < -0.3 is 9.80 Å². The Labute approximate surface area is 132 Å². The van der Waals surface area contributed by atoms with E-state index in [9.17, 15) is 9.18 Å². The molecule has 1 N–H and O–H groups in total. The van der Waals surface area contributed by atoms with Gasteiger partial charge in [0.05, 0.1) is 19.0 Å². The van der Waals surface area contributed by atoms with E-state index in [0.29, 0.717) is 5.91 Å².